The van der Waals surface area contributed by atoms with E-state index in [1.807, 2.05) is 43.1 Å². The molecule has 3 aromatic rings. The van der Waals surface area contributed by atoms with Crippen LogP contribution in [-0.4, -0.2) is 59.0 Å². The molecule has 1 aromatic carbocycles. The molecule has 1 aliphatic heterocycles. The Morgan fingerprint density at radius 3 is 2.74 bits per heavy atom. The van der Waals surface area contributed by atoms with Crippen molar-refractivity contribution in [3.63, 3.8) is 0 Å². The van der Waals surface area contributed by atoms with Crippen LogP contribution >= 0.6 is 0 Å². The lowest BCUT2D eigenvalue weighted by atomic mass is 9.99. The second-order valence-corrected chi connectivity index (χ2v) is 8.85. The van der Waals surface area contributed by atoms with Crippen LogP contribution in [0.2, 0.25) is 0 Å². The lowest BCUT2D eigenvalue weighted by Gasteiger charge is -2.26. The molecule has 2 aromatic heterocycles. The van der Waals surface area contributed by atoms with Crippen LogP contribution in [0.5, 0.6) is 11.6 Å². The lowest BCUT2D eigenvalue weighted by Crippen LogP contribution is -2.37. The summed E-state index contributed by atoms with van der Waals surface area (Å²) in [5.74, 6) is 1.45. The highest BCUT2D eigenvalue weighted by Gasteiger charge is 2.25. The van der Waals surface area contributed by atoms with Gasteiger partial charge in [-0.1, -0.05) is 18.2 Å². The molecule has 34 heavy (non-hydrogen) atoms. The molecule has 1 fully saturated rings. The minimum atomic E-state index is 0.0831. The molecule has 0 aliphatic carbocycles. The minimum Gasteiger partial charge on any atom is -0.496 e. The summed E-state index contributed by atoms with van der Waals surface area (Å²) >= 11 is 0. The van der Waals surface area contributed by atoms with Gasteiger partial charge in [0.25, 0.3) is 0 Å². The van der Waals surface area contributed by atoms with Gasteiger partial charge in [0.1, 0.15) is 5.75 Å². The smallest absolute Gasteiger partial charge is 0.242 e. The zero-order valence-electron chi connectivity index (χ0n) is 20.8. The van der Waals surface area contributed by atoms with Gasteiger partial charge in [-0.25, -0.2) is 9.67 Å². The number of aromatic nitrogens is 3. The number of rotatable bonds is 9. The molecule has 0 saturated carbocycles. The van der Waals surface area contributed by atoms with Crippen molar-refractivity contribution in [2.45, 2.75) is 52.2 Å². The third-order valence-electron chi connectivity index (χ3n) is 6.66. The Morgan fingerprint density at radius 2 is 2.03 bits per heavy atom. The predicted octanol–water partition coefficient (Wildman–Crippen LogP) is 3.74. The fourth-order valence-electron chi connectivity index (χ4n) is 4.83. The first-order valence-corrected chi connectivity index (χ1v) is 11.8. The fourth-order valence-corrected chi connectivity index (χ4v) is 4.83. The molecule has 1 unspecified atom stereocenters. The van der Waals surface area contributed by atoms with Crippen molar-refractivity contribution in [1.29, 1.82) is 0 Å². The molecule has 1 amide bonds. The van der Waals surface area contributed by atoms with Gasteiger partial charge < -0.3 is 19.1 Å². The van der Waals surface area contributed by atoms with E-state index < -0.39 is 0 Å². The van der Waals surface area contributed by atoms with E-state index >= 15 is 0 Å². The summed E-state index contributed by atoms with van der Waals surface area (Å²) in [5.41, 5.74) is 4.83. The van der Waals surface area contributed by atoms with Gasteiger partial charge in [-0.05, 0) is 50.3 Å². The van der Waals surface area contributed by atoms with Crippen molar-refractivity contribution in [2.24, 2.45) is 7.05 Å². The van der Waals surface area contributed by atoms with Gasteiger partial charge in [0.15, 0.2) is 5.65 Å². The molecule has 8 nitrogen and oxygen atoms in total. The van der Waals surface area contributed by atoms with Crippen molar-refractivity contribution in [3.05, 3.63) is 46.6 Å². The highest BCUT2D eigenvalue weighted by molar-refractivity contribution is 5.86. The number of pyridine rings is 1. The SMILES string of the molecule is COc1ccccc1CN(CC1CCCO1)C(=O)CCc1c(C)nc2c(c(OC)nn2C)c1C. The first-order chi connectivity index (χ1) is 16.4. The summed E-state index contributed by atoms with van der Waals surface area (Å²) in [5, 5.41) is 5.33. The lowest BCUT2D eigenvalue weighted by molar-refractivity contribution is -0.133. The number of carbonyl (C=O) groups is 1. The Kier molecular flexibility index (Phi) is 7.36. The number of hydrogen-bond donors (Lipinski definition) is 0. The topological polar surface area (TPSA) is 78.7 Å². The minimum absolute atomic E-state index is 0.0831. The molecule has 0 radical (unpaired) electrons. The van der Waals surface area contributed by atoms with E-state index in [-0.39, 0.29) is 12.0 Å². The zero-order chi connectivity index (χ0) is 24.2. The number of aryl methyl sites for hydroxylation is 3. The molecular formula is C26H34N4O4. The van der Waals surface area contributed by atoms with Crippen molar-refractivity contribution in [3.8, 4) is 11.6 Å². The Morgan fingerprint density at radius 1 is 1.24 bits per heavy atom. The third kappa shape index (κ3) is 4.87. The zero-order valence-corrected chi connectivity index (χ0v) is 20.8. The van der Waals surface area contributed by atoms with Gasteiger partial charge in [0.05, 0.1) is 25.7 Å². The number of hydrogen-bond acceptors (Lipinski definition) is 6. The highest BCUT2D eigenvalue weighted by atomic mass is 16.5. The maximum atomic E-state index is 13.5. The first kappa shape index (κ1) is 24.0. The number of para-hydroxylation sites is 1. The molecule has 0 bridgehead atoms. The molecule has 4 rings (SSSR count). The average molecular weight is 467 g/mol. The number of ether oxygens (including phenoxy) is 3. The maximum Gasteiger partial charge on any atom is 0.242 e. The maximum absolute atomic E-state index is 13.5. The third-order valence-corrected chi connectivity index (χ3v) is 6.66. The van der Waals surface area contributed by atoms with E-state index in [4.69, 9.17) is 19.2 Å². The van der Waals surface area contributed by atoms with Crippen molar-refractivity contribution in [2.75, 3.05) is 27.4 Å². The van der Waals surface area contributed by atoms with Crippen molar-refractivity contribution >= 4 is 16.9 Å². The van der Waals surface area contributed by atoms with E-state index in [0.29, 0.717) is 31.8 Å². The molecule has 8 heteroatoms. The van der Waals surface area contributed by atoms with Gasteiger partial charge in [0.2, 0.25) is 11.8 Å². The summed E-state index contributed by atoms with van der Waals surface area (Å²) in [6, 6.07) is 7.85. The summed E-state index contributed by atoms with van der Waals surface area (Å²) in [6.07, 6.45) is 3.10. The van der Waals surface area contributed by atoms with Crippen LogP contribution in [0.1, 0.15) is 41.6 Å². The first-order valence-electron chi connectivity index (χ1n) is 11.8. The summed E-state index contributed by atoms with van der Waals surface area (Å²) in [7, 11) is 5.14. The fraction of sp³-hybridized carbons (Fsp3) is 0.500. The number of methoxy groups -OCH3 is 2. The van der Waals surface area contributed by atoms with E-state index in [9.17, 15) is 4.79 Å². The van der Waals surface area contributed by atoms with E-state index in [0.717, 1.165) is 58.6 Å². The second kappa shape index (κ2) is 10.4. The quantitative estimate of drug-likeness (QED) is 0.478. The van der Waals surface area contributed by atoms with Crippen LogP contribution < -0.4 is 9.47 Å². The van der Waals surface area contributed by atoms with Crippen LogP contribution in [0.15, 0.2) is 24.3 Å². The Bertz CT molecular complexity index is 1170. The molecule has 1 saturated heterocycles. The van der Waals surface area contributed by atoms with Crippen LogP contribution in [0.25, 0.3) is 11.0 Å². The second-order valence-electron chi connectivity index (χ2n) is 8.85. The largest absolute Gasteiger partial charge is 0.496 e. The van der Waals surface area contributed by atoms with Gasteiger partial charge in [-0.15, -0.1) is 5.10 Å². The Labute approximate surface area is 200 Å². The highest BCUT2D eigenvalue weighted by Crippen LogP contribution is 2.31. The van der Waals surface area contributed by atoms with E-state index in [1.165, 1.54) is 0 Å². The van der Waals surface area contributed by atoms with Gasteiger partial charge in [0, 0.05) is 44.4 Å². The molecule has 0 spiro atoms. The molecule has 182 valence electrons. The van der Waals surface area contributed by atoms with Gasteiger partial charge in [-0.3, -0.25) is 4.79 Å². The molecule has 1 atom stereocenters. The van der Waals surface area contributed by atoms with E-state index in [2.05, 4.69) is 12.0 Å². The van der Waals surface area contributed by atoms with Gasteiger partial charge in [-0.2, -0.15) is 0 Å². The predicted molar refractivity (Wildman–Crippen MR) is 130 cm³/mol. The summed E-state index contributed by atoms with van der Waals surface area (Å²) in [6.45, 7) is 5.89. The van der Waals surface area contributed by atoms with E-state index in [1.54, 1.807) is 18.9 Å². The average Bonchev–Trinajstić information content (AvgIpc) is 3.46. The number of carbonyl (C=O) groups excluding carboxylic acids is 1. The van der Waals surface area contributed by atoms with Gasteiger partial charge >= 0.3 is 0 Å². The Balaban J connectivity index is 1.56. The Hall–Kier alpha value is -3.13. The molecular weight excluding hydrogens is 432 g/mol. The van der Waals surface area contributed by atoms with Crippen molar-refractivity contribution < 1.29 is 19.0 Å². The normalized spacial score (nSPS) is 15.6. The number of fused-ring (bicyclic) bond motifs is 1. The van der Waals surface area contributed by atoms with Crippen molar-refractivity contribution in [1.82, 2.24) is 19.7 Å². The molecule has 1 aliphatic rings. The standard InChI is InChI=1S/C26H34N4O4/c1-17-21(18(2)27-25-24(17)26(33-5)28-29(25)3)12-13-23(31)30(16-20-10-8-14-34-20)15-19-9-6-7-11-22(19)32-4/h6-7,9,11,20H,8,10,12-16H2,1-5H3. The number of nitrogens with zero attached hydrogens (tertiary/aromatic N) is 4. The number of amides is 1. The van der Waals surface area contributed by atoms with Crippen LogP contribution in [0, 0.1) is 13.8 Å². The van der Waals surface area contributed by atoms with Crippen LogP contribution in [-0.2, 0) is 29.5 Å². The monoisotopic (exact) mass is 466 g/mol. The number of benzene rings is 1. The molecule has 0 N–H and O–H groups in total. The molecule has 3 heterocycles. The van der Waals surface area contributed by atoms with Crippen LogP contribution in [0.4, 0.5) is 0 Å². The van der Waals surface area contributed by atoms with Crippen LogP contribution in [0.3, 0.4) is 0 Å². The summed E-state index contributed by atoms with van der Waals surface area (Å²) < 4.78 is 18.6. The summed E-state index contributed by atoms with van der Waals surface area (Å²) in [4.78, 5) is 20.2.